The molecule has 0 aliphatic heterocycles. The lowest BCUT2D eigenvalue weighted by atomic mass is 9.75. The molecule has 0 unspecified atom stereocenters. The highest BCUT2D eigenvalue weighted by molar-refractivity contribution is 5.64. The highest BCUT2D eigenvalue weighted by atomic mass is 19.1. The quantitative estimate of drug-likeness (QED) is 0.353. The summed E-state index contributed by atoms with van der Waals surface area (Å²) in [7, 11) is 0. The number of hydrogen-bond acceptors (Lipinski definition) is 0. The molecule has 0 heterocycles. The highest BCUT2D eigenvalue weighted by Crippen LogP contribution is 2.43. The molecule has 0 amide bonds. The van der Waals surface area contributed by atoms with Crippen LogP contribution >= 0.6 is 0 Å². The number of aryl methyl sites for hydroxylation is 1. The van der Waals surface area contributed by atoms with Gasteiger partial charge in [-0.3, -0.25) is 0 Å². The molecule has 0 spiro atoms. The van der Waals surface area contributed by atoms with Crippen LogP contribution in [0.1, 0.15) is 102 Å². The van der Waals surface area contributed by atoms with Gasteiger partial charge in [0.05, 0.1) is 0 Å². The fourth-order valence-electron chi connectivity index (χ4n) is 4.86. The summed E-state index contributed by atoms with van der Waals surface area (Å²) in [5.41, 5.74) is 4.46. The highest BCUT2D eigenvalue weighted by Gasteiger charge is 2.35. The van der Waals surface area contributed by atoms with Crippen LogP contribution in [-0.2, 0) is 6.42 Å². The van der Waals surface area contributed by atoms with Crippen LogP contribution in [0.2, 0.25) is 0 Å². The predicted molar refractivity (Wildman–Crippen MR) is 124 cm³/mol. The van der Waals surface area contributed by atoms with Crippen molar-refractivity contribution < 1.29 is 4.39 Å². The maximum Gasteiger partial charge on any atom is 0.111 e. The number of rotatable bonds is 10. The van der Waals surface area contributed by atoms with Crippen molar-refractivity contribution in [2.45, 2.75) is 102 Å². The number of unbranched alkanes of at least 4 members (excludes halogenated alkanes) is 4. The van der Waals surface area contributed by atoms with E-state index in [2.05, 4.69) is 62.4 Å². The summed E-state index contributed by atoms with van der Waals surface area (Å²) < 4.78 is 15.1. The van der Waals surface area contributed by atoms with Crippen molar-refractivity contribution in [3.8, 4) is 11.1 Å². The van der Waals surface area contributed by atoms with Gasteiger partial charge in [0.15, 0.2) is 0 Å². The van der Waals surface area contributed by atoms with E-state index in [1.54, 1.807) is 0 Å². The maximum absolute atomic E-state index is 15.1. The zero-order chi connectivity index (χ0) is 20.5. The minimum absolute atomic E-state index is 0.528. The second-order valence-electron chi connectivity index (χ2n) is 9.16. The SMILES string of the molecule is CCCCCCCC1(F)CCC(c2ccc(-c3ccc(CCC)cc3)cc2)CC1. The molecule has 1 aliphatic carbocycles. The van der Waals surface area contributed by atoms with Crippen LogP contribution in [0.3, 0.4) is 0 Å². The number of benzene rings is 2. The van der Waals surface area contributed by atoms with Gasteiger partial charge in [-0.1, -0.05) is 101 Å². The smallest absolute Gasteiger partial charge is 0.111 e. The lowest BCUT2D eigenvalue weighted by Crippen LogP contribution is -2.28. The van der Waals surface area contributed by atoms with Crippen molar-refractivity contribution in [2.24, 2.45) is 0 Å². The van der Waals surface area contributed by atoms with Crippen molar-refractivity contribution >= 4 is 0 Å². The summed E-state index contributed by atoms with van der Waals surface area (Å²) in [6.07, 6.45) is 12.7. The van der Waals surface area contributed by atoms with Gasteiger partial charge in [-0.05, 0) is 66.7 Å². The number of hydrogen-bond donors (Lipinski definition) is 0. The van der Waals surface area contributed by atoms with Crippen LogP contribution in [0.5, 0.6) is 0 Å². The van der Waals surface area contributed by atoms with Crippen molar-refractivity contribution in [3.05, 3.63) is 59.7 Å². The molecule has 29 heavy (non-hydrogen) atoms. The van der Waals surface area contributed by atoms with Gasteiger partial charge in [0, 0.05) is 0 Å². The van der Waals surface area contributed by atoms with Gasteiger partial charge in [-0.25, -0.2) is 4.39 Å². The Morgan fingerprint density at radius 2 is 1.34 bits per heavy atom. The molecule has 0 nitrogen and oxygen atoms in total. The van der Waals surface area contributed by atoms with Gasteiger partial charge in [0.2, 0.25) is 0 Å². The van der Waals surface area contributed by atoms with E-state index in [-0.39, 0.29) is 0 Å². The van der Waals surface area contributed by atoms with E-state index in [1.807, 2.05) is 0 Å². The molecule has 158 valence electrons. The first-order valence-electron chi connectivity index (χ1n) is 12.0. The molecule has 0 aromatic heterocycles. The molecule has 0 atom stereocenters. The Morgan fingerprint density at radius 3 is 1.93 bits per heavy atom. The Kier molecular flexibility index (Phi) is 8.33. The third-order valence-electron chi connectivity index (χ3n) is 6.82. The van der Waals surface area contributed by atoms with Gasteiger partial charge in [0.1, 0.15) is 5.67 Å². The van der Waals surface area contributed by atoms with Crippen LogP contribution in [0.25, 0.3) is 11.1 Å². The normalized spacial score (nSPS) is 22.0. The van der Waals surface area contributed by atoms with E-state index in [0.29, 0.717) is 5.92 Å². The van der Waals surface area contributed by atoms with E-state index in [0.717, 1.165) is 44.9 Å². The molecule has 0 saturated heterocycles. The summed E-state index contributed by atoms with van der Waals surface area (Å²) in [5, 5.41) is 0. The summed E-state index contributed by atoms with van der Waals surface area (Å²) in [4.78, 5) is 0. The van der Waals surface area contributed by atoms with E-state index >= 15 is 4.39 Å². The molecule has 0 radical (unpaired) electrons. The fourth-order valence-corrected chi connectivity index (χ4v) is 4.86. The van der Waals surface area contributed by atoms with Crippen LogP contribution in [0, 0.1) is 0 Å². The van der Waals surface area contributed by atoms with E-state index in [4.69, 9.17) is 0 Å². The Labute approximate surface area is 177 Å². The minimum atomic E-state index is -0.900. The van der Waals surface area contributed by atoms with Gasteiger partial charge < -0.3 is 0 Å². The zero-order valence-corrected chi connectivity index (χ0v) is 18.6. The van der Waals surface area contributed by atoms with Gasteiger partial charge >= 0.3 is 0 Å². The molecule has 1 heteroatoms. The Hall–Kier alpha value is -1.63. The van der Waals surface area contributed by atoms with E-state index in [1.165, 1.54) is 54.4 Å². The first kappa shape index (κ1) is 22.1. The molecular weight excluding hydrogens is 355 g/mol. The minimum Gasteiger partial charge on any atom is -0.244 e. The zero-order valence-electron chi connectivity index (χ0n) is 18.6. The summed E-state index contributed by atoms with van der Waals surface area (Å²) in [5.74, 6) is 0.528. The molecule has 0 bridgehead atoms. The monoisotopic (exact) mass is 394 g/mol. The summed E-state index contributed by atoms with van der Waals surface area (Å²) in [6.45, 7) is 4.45. The van der Waals surface area contributed by atoms with Gasteiger partial charge in [-0.2, -0.15) is 0 Å². The van der Waals surface area contributed by atoms with Gasteiger partial charge in [-0.15, -0.1) is 0 Å². The van der Waals surface area contributed by atoms with E-state index < -0.39 is 5.67 Å². The topological polar surface area (TPSA) is 0 Å². The molecule has 0 N–H and O–H groups in total. The third-order valence-corrected chi connectivity index (χ3v) is 6.82. The molecule has 1 saturated carbocycles. The standard InChI is InChI=1S/C28H39F/c1-3-5-6-7-8-20-28(29)21-18-27(19-22-28)26-16-14-25(15-17-26)24-12-10-23(9-4-2)11-13-24/h10-17,27H,3-9,18-22H2,1-2H3. The third kappa shape index (κ3) is 6.43. The van der Waals surface area contributed by atoms with Crippen molar-refractivity contribution in [1.29, 1.82) is 0 Å². The lowest BCUT2D eigenvalue weighted by Gasteiger charge is -2.34. The Bertz CT molecular complexity index is 705. The number of alkyl halides is 1. The molecule has 1 fully saturated rings. The molecule has 3 rings (SSSR count). The fraction of sp³-hybridized carbons (Fsp3) is 0.571. The van der Waals surface area contributed by atoms with Crippen LogP contribution in [0.4, 0.5) is 4.39 Å². The van der Waals surface area contributed by atoms with Crippen LogP contribution in [0.15, 0.2) is 48.5 Å². The van der Waals surface area contributed by atoms with E-state index in [9.17, 15) is 0 Å². The average molecular weight is 395 g/mol. The maximum atomic E-state index is 15.1. The predicted octanol–water partition coefficient (Wildman–Crippen LogP) is 9.03. The molecular formula is C28H39F. The Morgan fingerprint density at radius 1 is 0.759 bits per heavy atom. The second kappa shape index (κ2) is 11.0. The van der Waals surface area contributed by atoms with Crippen molar-refractivity contribution in [3.63, 3.8) is 0 Å². The molecule has 2 aromatic carbocycles. The molecule has 2 aromatic rings. The van der Waals surface area contributed by atoms with Crippen molar-refractivity contribution in [2.75, 3.05) is 0 Å². The average Bonchev–Trinajstić information content (AvgIpc) is 2.75. The molecule has 1 aliphatic rings. The number of halogens is 1. The first-order chi connectivity index (χ1) is 14.1. The Balaban J connectivity index is 1.51. The lowest BCUT2D eigenvalue weighted by molar-refractivity contribution is 0.0849. The van der Waals surface area contributed by atoms with Crippen LogP contribution in [-0.4, -0.2) is 5.67 Å². The van der Waals surface area contributed by atoms with Gasteiger partial charge in [0.25, 0.3) is 0 Å². The summed E-state index contributed by atoms with van der Waals surface area (Å²) >= 11 is 0. The van der Waals surface area contributed by atoms with Crippen LogP contribution < -0.4 is 0 Å². The largest absolute Gasteiger partial charge is 0.244 e. The van der Waals surface area contributed by atoms with Crippen molar-refractivity contribution in [1.82, 2.24) is 0 Å². The summed E-state index contributed by atoms with van der Waals surface area (Å²) in [6, 6.07) is 18.0. The second-order valence-corrected chi connectivity index (χ2v) is 9.16. The first-order valence-corrected chi connectivity index (χ1v) is 12.0.